The summed E-state index contributed by atoms with van der Waals surface area (Å²) in [5.41, 5.74) is 2.16. The van der Waals surface area contributed by atoms with Crippen LogP contribution in [0, 0.1) is 0 Å². The SMILES string of the molecule is CC[C@H](CO)NC1=NC(N(C)c2ccccc2)=C2NCN(C(C)C)C2N1. The predicted molar refractivity (Wildman–Crippen MR) is 106 cm³/mol. The number of hydrogen-bond donors (Lipinski definition) is 4. The molecule has 7 heteroatoms. The number of benzene rings is 1. The number of nitrogens with one attached hydrogen (secondary N) is 3. The van der Waals surface area contributed by atoms with Gasteiger partial charge in [0, 0.05) is 18.8 Å². The van der Waals surface area contributed by atoms with E-state index >= 15 is 0 Å². The Hall–Kier alpha value is -2.25. The number of guanidine groups is 1. The van der Waals surface area contributed by atoms with Crippen LogP contribution >= 0.6 is 0 Å². The summed E-state index contributed by atoms with van der Waals surface area (Å²) in [4.78, 5) is 9.28. The molecule has 0 aromatic heterocycles. The zero-order valence-corrected chi connectivity index (χ0v) is 16.0. The van der Waals surface area contributed by atoms with Gasteiger partial charge in [-0.15, -0.1) is 0 Å². The summed E-state index contributed by atoms with van der Waals surface area (Å²) < 4.78 is 0. The van der Waals surface area contributed by atoms with Crippen molar-refractivity contribution in [2.45, 2.75) is 45.4 Å². The summed E-state index contributed by atoms with van der Waals surface area (Å²) in [6.45, 7) is 7.28. The largest absolute Gasteiger partial charge is 0.394 e. The number of nitrogens with zero attached hydrogens (tertiary/aromatic N) is 3. The lowest BCUT2D eigenvalue weighted by Gasteiger charge is -2.34. The number of aliphatic imine (C=N–C) groups is 1. The fourth-order valence-corrected chi connectivity index (χ4v) is 3.27. The highest BCUT2D eigenvalue weighted by atomic mass is 16.3. The normalized spacial score (nSPS) is 21.0. The van der Waals surface area contributed by atoms with Crippen molar-refractivity contribution in [3.63, 3.8) is 0 Å². The quantitative estimate of drug-likeness (QED) is 0.613. The number of para-hydroxylation sites is 1. The second-order valence-corrected chi connectivity index (χ2v) is 7.01. The molecule has 2 atom stereocenters. The van der Waals surface area contributed by atoms with E-state index in [0.717, 1.165) is 30.3 Å². The molecule has 4 N–H and O–H groups in total. The van der Waals surface area contributed by atoms with Crippen LogP contribution in [0.3, 0.4) is 0 Å². The van der Waals surface area contributed by atoms with Crippen molar-refractivity contribution >= 4 is 11.6 Å². The van der Waals surface area contributed by atoms with E-state index in [9.17, 15) is 5.11 Å². The molecule has 1 aromatic carbocycles. The lowest BCUT2D eigenvalue weighted by Crippen LogP contribution is -2.56. The zero-order valence-electron chi connectivity index (χ0n) is 16.0. The van der Waals surface area contributed by atoms with Crippen molar-refractivity contribution < 1.29 is 5.11 Å². The standard InChI is InChI=1S/C19H30N6O/c1-5-14(11-26)21-19-22-17(24(4)15-9-7-6-8-10-15)16-18(23-19)25(12-20-16)13(2)3/h6-10,13-14,18,20,26H,5,11-12H2,1-4H3,(H2,21,22,23)/t14-,18?/m1/s1. The summed E-state index contributed by atoms with van der Waals surface area (Å²) in [6, 6.07) is 10.6. The summed E-state index contributed by atoms with van der Waals surface area (Å²) in [5, 5.41) is 19.9. The summed E-state index contributed by atoms with van der Waals surface area (Å²) in [7, 11) is 2.03. The Balaban J connectivity index is 1.95. The van der Waals surface area contributed by atoms with Crippen LogP contribution in [0.15, 0.2) is 46.8 Å². The molecule has 7 nitrogen and oxygen atoms in total. The molecular weight excluding hydrogens is 328 g/mol. The number of aliphatic hydroxyl groups excluding tert-OH is 1. The van der Waals surface area contributed by atoms with Gasteiger partial charge in [0.2, 0.25) is 0 Å². The molecule has 2 aliphatic heterocycles. The van der Waals surface area contributed by atoms with Gasteiger partial charge >= 0.3 is 0 Å². The van der Waals surface area contributed by atoms with Crippen LogP contribution in [0.2, 0.25) is 0 Å². The van der Waals surface area contributed by atoms with Gasteiger partial charge in [0.15, 0.2) is 11.8 Å². The van der Waals surface area contributed by atoms with Crippen molar-refractivity contribution in [2.75, 3.05) is 25.2 Å². The fraction of sp³-hybridized carbons (Fsp3) is 0.526. The van der Waals surface area contributed by atoms with Crippen LogP contribution in [0.1, 0.15) is 27.2 Å². The second-order valence-electron chi connectivity index (χ2n) is 7.01. The van der Waals surface area contributed by atoms with E-state index in [-0.39, 0.29) is 18.8 Å². The van der Waals surface area contributed by atoms with E-state index in [1.807, 2.05) is 32.2 Å². The minimum absolute atomic E-state index is 0.0204. The van der Waals surface area contributed by atoms with Gasteiger partial charge in [0.1, 0.15) is 6.17 Å². The third-order valence-electron chi connectivity index (χ3n) is 4.97. The maximum atomic E-state index is 9.55. The molecule has 26 heavy (non-hydrogen) atoms. The van der Waals surface area contributed by atoms with Gasteiger partial charge in [-0.3, -0.25) is 4.90 Å². The summed E-state index contributed by atoms with van der Waals surface area (Å²) >= 11 is 0. The van der Waals surface area contributed by atoms with Gasteiger partial charge in [0.05, 0.1) is 25.0 Å². The van der Waals surface area contributed by atoms with E-state index < -0.39 is 0 Å². The number of rotatable bonds is 6. The van der Waals surface area contributed by atoms with Gasteiger partial charge in [-0.2, -0.15) is 4.99 Å². The van der Waals surface area contributed by atoms with E-state index in [4.69, 9.17) is 4.99 Å². The van der Waals surface area contributed by atoms with Crippen LogP contribution in [-0.2, 0) is 0 Å². The molecule has 0 spiro atoms. The third kappa shape index (κ3) is 3.64. The molecule has 0 aliphatic carbocycles. The number of fused-ring (bicyclic) bond motifs is 1. The zero-order chi connectivity index (χ0) is 18.7. The minimum Gasteiger partial charge on any atom is -0.394 e. The molecule has 0 saturated carbocycles. The van der Waals surface area contributed by atoms with Crippen molar-refractivity contribution in [1.82, 2.24) is 20.9 Å². The highest BCUT2D eigenvalue weighted by molar-refractivity contribution is 5.84. The Morgan fingerprint density at radius 2 is 2.08 bits per heavy atom. The monoisotopic (exact) mass is 358 g/mol. The van der Waals surface area contributed by atoms with Crippen molar-refractivity contribution in [3.8, 4) is 0 Å². The third-order valence-corrected chi connectivity index (χ3v) is 4.97. The molecule has 1 aromatic rings. The first kappa shape index (κ1) is 18.5. The first-order chi connectivity index (χ1) is 12.5. The van der Waals surface area contributed by atoms with Crippen LogP contribution in [0.5, 0.6) is 0 Å². The summed E-state index contributed by atoms with van der Waals surface area (Å²) in [5.74, 6) is 1.59. The molecule has 3 rings (SSSR count). The molecule has 1 fully saturated rings. The highest BCUT2D eigenvalue weighted by Crippen LogP contribution is 2.27. The lowest BCUT2D eigenvalue weighted by molar-refractivity contribution is 0.198. The smallest absolute Gasteiger partial charge is 0.199 e. The molecule has 0 radical (unpaired) electrons. The second kappa shape index (κ2) is 7.97. The average Bonchev–Trinajstić information content (AvgIpc) is 3.09. The van der Waals surface area contributed by atoms with E-state index in [2.05, 4.69) is 51.7 Å². The highest BCUT2D eigenvalue weighted by Gasteiger charge is 2.37. The van der Waals surface area contributed by atoms with Gasteiger partial charge < -0.3 is 26.0 Å². The average molecular weight is 358 g/mol. The van der Waals surface area contributed by atoms with Crippen molar-refractivity contribution in [2.24, 2.45) is 4.99 Å². The van der Waals surface area contributed by atoms with Crippen molar-refractivity contribution in [3.05, 3.63) is 41.8 Å². The van der Waals surface area contributed by atoms with E-state index in [1.54, 1.807) is 0 Å². The Bertz CT molecular complexity index is 668. The van der Waals surface area contributed by atoms with Gasteiger partial charge in [-0.25, -0.2) is 0 Å². The van der Waals surface area contributed by atoms with E-state index in [0.29, 0.717) is 12.0 Å². The van der Waals surface area contributed by atoms with Crippen molar-refractivity contribution in [1.29, 1.82) is 0 Å². The predicted octanol–water partition coefficient (Wildman–Crippen LogP) is 1.21. The topological polar surface area (TPSA) is 75.2 Å². The van der Waals surface area contributed by atoms with Gasteiger partial charge in [-0.05, 0) is 32.4 Å². The molecule has 1 unspecified atom stereocenters. The Morgan fingerprint density at radius 1 is 1.35 bits per heavy atom. The van der Waals surface area contributed by atoms with Crippen LogP contribution in [-0.4, -0.2) is 54.5 Å². The molecule has 0 bridgehead atoms. The minimum atomic E-state index is -0.0204. The maximum Gasteiger partial charge on any atom is 0.199 e. The van der Waals surface area contributed by atoms with Crippen LogP contribution in [0.25, 0.3) is 0 Å². The molecular formula is C19H30N6O. The van der Waals surface area contributed by atoms with Gasteiger partial charge in [-0.1, -0.05) is 25.1 Å². The summed E-state index contributed by atoms with van der Waals surface area (Å²) in [6.07, 6.45) is 0.862. The Kier molecular flexibility index (Phi) is 5.68. The molecule has 0 amide bonds. The Morgan fingerprint density at radius 3 is 2.69 bits per heavy atom. The molecule has 142 valence electrons. The van der Waals surface area contributed by atoms with Crippen LogP contribution < -0.4 is 20.9 Å². The first-order valence-electron chi connectivity index (χ1n) is 9.30. The van der Waals surface area contributed by atoms with Gasteiger partial charge in [0.25, 0.3) is 0 Å². The van der Waals surface area contributed by atoms with E-state index in [1.165, 1.54) is 0 Å². The van der Waals surface area contributed by atoms with Crippen LogP contribution in [0.4, 0.5) is 5.69 Å². The molecule has 1 saturated heterocycles. The molecule has 2 aliphatic rings. The number of hydrogen-bond acceptors (Lipinski definition) is 7. The molecule has 2 heterocycles. The fourth-order valence-electron chi connectivity index (χ4n) is 3.27. The lowest BCUT2D eigenvalue weighted by atomic mass is 10.2. The maximum absolute atomic E-state index is 9.55. The number of aliphatic hydroxyl groups is 1. The number of anilines is 1. The first-order valence-corrected chi connectivity index (χ1v) is 9.30. The Labute approximate surface area is 155 Å².